The Morgan fingerprint density at radius 3 is 1.78 bits per heavy atom. The van der Waals surface area contributed by atoms with Crippen LogP contribution in [0.5, 0.6) is 0 Å². The Labute approximate surface area is 99.4 Å². The van der Waals surface area contributed by atoms with Gasteiger partial charge in [-0.1, -0.05) is 0 Å². The second-order valence-electron chi connectivity index (χ2n) is 2.84. The molecule has 0 aliphatic heterocycles. The number of halogens is 6. The average Bonchev–Trinajstić information content (AvgIpc) is 2.64. The van der Waals surface area contributed by atoms with E-state index in [4.69, 9.17) is 8.42 Å². The Bertz CT molecular complexity index is 440. The number of rotatable bonds is 1. The number of thiol groups is 1. The van der Waals surface area contributed by atoms with Gasteiger partial charge in [0.25, 0.3) is 6.33 Å². The molecule has 0 fully saturated rings. The minimum Gasteiger partial charge on any atom is -0.237 e. The molecule has 1 aromatic heterocycles. The second-order valence-corrected chi connectivity index (χ2v) is 3.87. The van der Waals surface area contributed by atoms with Crippen LogP contribution in [-0.4, -0.2) is 18.5 Å². The molecule has 0 bridgehead atoms. The fraction of sp³-hybridized carbons (Fsp3) is 0.571. The van der Waals surface area contributed by atoms with Crippen molar-refractivity contribution < 1.29 is 39.3 Å². The van der Waals surface area contributed by atoms with E-state index in [0.717, 1.165) is 12.5 Å². The third-order valence-electron chi connectivity index (χ3n) is 1.56. The van der Waals surface area contributed by atoms with Gasteiger partial charge in [-0.05, 0) is 6.92 Å². The summed E-state index contributed by atoms with van der Waals surface area (Å²) in [7, 11) is -4.24. The van der Waals surface area contributed by atoms with Gasteiger partial charge in [-0.3, -0.25) is 0 Å². The first-order chi connectivity index (χ1) is 7.98. The van der Waals surface area contributed by atoms with E-state index < -0.39 is 22.5 Å². The van der Waals surface area contributed by atoms with E-state index in [-0.39, 0.29) is 4.57 Å². The van der Waals surface area contributed by atoms with Gasteiger partial charge in [-0.25, -0.2) is 13.0 Å². The number of aryl methyl sites for hydroxylation is 1. The minimum atomic E-state index is -5.05. The van der Waals surface area contributed by atoms with Crippen molar-refractivity contribution in [2.45, 2.75) is 25.3 Å². The molecule has 1 rings (SSSR count). The van der Waals surface area contributed by atoms with Gasteiger partial charge in [0.15, 0.2) is 0 Å². The lowest BCUT2D eigenvalue weighted by Gasteiger charge is -1.97. The van der Waals surface area contributed by atoms with Crippen molar-refractivity contribution in [2.75, 3.05) is 0 Å². The molecule has 0 unspecified atom stereocenters. The lowest BCUT2D eigenvalue weighted by Crippen LogP contribution is -2.30. The van der Waals surface area contributed by atoms with Crippen molar-refractivity contribution in [2.24, 2.45) is 0 Å². The van der Waals surface area contributed by atoms with E-state index in [1.165, 1.54) is 10.8 Å². The van der Waals surface area contributed by atoms with Gasteiger partial charge in [0.05, 0.1) is 6.54 Å². The van der Waals surface area contributed by atoms with Crippen molar-refractivity contribution in [1.82, 2.24) is 4.57 Å². The highest BCUT2D eigenvalue weighted by molar-refractivity contribution is 7.73. The molecule has 4 nitrogen and oxygen atoms in total. The van der Waals surface area contributed by atoms with Crippen molar-refractivity contribution >= 4 is 10.7 Å². The van der Waals surface area contributed by atoms with Crippen LogP contribution in [0.1, 0.15) is 6.92 Å². The zero-order valence-electron chi connectivity index (χ0n) is 8.87. The Kier molecular flexibility index (Phi) is 5.64. The topological polar surface area (TPSA) is 43.0 Å². The summed E-state index contributed by atoms with van der Waals surface area (Å²) in [6.07, 6.45) is -0.905. The molecule has 1 heterocycles. The van der Waals surface area contributed by atoms with Crippen molar-refractivity contribution in [1.29, 1.82) is 0 Å². The normalized spacial score (nSPS) is 12.2. The summed E-state index contributed by atoms with van der Waals surface area (Å²) in [5.74, 6) is 0. The maximum Gasteiger partial charge on any atom is 0.567 e. The molecule has 0 atom stereocenters. The number of imidazole rings is 1. The summed E-state index contributed by atoms with van der Waals surface area (Å²) in [6, 6.07) is 0. The molecule has 0 spiro atoms. The molecule has 0 amide bonds. The van der Waals surface area contributed by atoms with Gasteiger partial charge in [0, 0.05) is 0 Å². The highest BCUT2D eigenvalue weighted by Crippen LogP contribution is 2.20. The number of alkyl halides is 6. The predicted molar refractivity (Wildman–Crippen MR) is 48.0 cm³/mol. The highest BCUT2D eigenvalue weighted by atomic mass is 32.2. The van der Waals surface area contributed by atoms with Crippen LogP contribution in [0.15, 0.2) is 18.7 Å². The standard InChI is InChI=1S/C6H8F3N2.CHF3O2S/c1-2-10-3-4-11(5-10)6(7,8)9;2-1(3,4)7(5)6/h3-5H,2H2,1H3;7H/q+1;. The maximum atomic E-state index is 11.9. The summed E-state index contributed by atoms with van der Waals surface area (Å²) < 4.78 is 86.9. The van der Waals surface area contributed by atoms with Crippen LogP contribution in [0.25, 0.3) is 0 Å². The molecule has 11 heteroatoms. The number of nitrogens with zero attached hydrogens (tertiary/aromatic N) is 2. The molecular weight excluding hydrogens is 290 g/mol. The van der Waals surface area contributed by atoms with Crippen LogP contribution < -0.4 is 4.57 Å². The number of hydrogen-bond acceptors (Lipinski definition) is 2. The van der Waals surface area contributed by atoms with E-state index in [9.17, 15) is 26.3 Å². The number of hydrogen-bond donors (Lipinski definition) is 1. The van der Waals surface area contributed by atoms with E-state index in [1.807, 2.05) is 0 Å². The van der Waals surface area contributed by atoms with Gasteiger partial charge < -0.3 is 0 Å². The van der Waals surface area contributed by atoms with Gasteiger partial charge >= 0.3 is 11.8 Å². The molecule has 0 aliphatic rings. The van der Waals surface area contributed by atoms with E-state index >= 15 is 0 Å². The smallest absolute Gasteiger partial charge is 0.237 e. The lowest BCUT2D eigenvalue weighted by molar-refractivity contribution is -0.693. The lowest BCUT2D eigenvalue weighted by atomic mass is 10.7. The fourth-order valence-electron chi connectivity index (χ4n) is 0.731. The molecule has 18 heavy (non-hydrogen) atoms. The highest BCUT2D eigenvalue weighted by Gasteiger charge is 2.36. The molecule has 0 aromatic carbocycles. The molecule has 0 aliphatic carbocycles. The van der Waals surface area contributed by atoms with E-state index in [0.29, 0.717) is 6.54 Å². The van der Waals surface area contributed by atoms with Crippen LogP contribution in [0, 0.1) is 0 Å². The van der Waals surface area contributed by atoms with Crippen molar-refractivity contribution in [3.63, 3.8) is 0 Å². The summed E-state index contributed by atoms with van der Waals surface area (Å²) in [4.78, 5) is 0. The Morgan fingerprint density at radius 2 is 1.61 bits per heavy atom. The average molecular weight is 299 g/mol. The molecule has 0 N–H and O–H groups in total. The van der Waals surface area contributed by atoms with Gasteiger partial charge in [-0.15, -0.1) is 17.7 Å². The monoisotopic (exact) mass is 299 g/mol. The first-order valence-electron chi connectivity index (χ1n) is 4.34. The van der Waals surface area contributed by atoms with Gasteiger partial charge in [0.1, 0.15) is 12.4 Å². The van der Waals surface area contributed by atoms with Crippen LogP contribution in [-0.2, 0) is 23.5 Å². The third kappa shape index (κ3) is 5.89. The van der Waals surface area contributed by atoms with Crippen LogP contribution >= 0.6 is 0 Å². The number of aromatic nitrogens is 2. The largest absolute Gasteiger partial charge is 0.567 e. The van der Waals surface area contributed by atoms with Crippen molar-refractivity contribution in [3.8, 4) is 0 Å². The molecule has 0 saturated carbocycles. The first-order valence-corrected chi connectivity index (χ1v) is 5.51. The second kappa shape index (κ2) is 6.07. The molecule has 106 valence electrons. The molecule has 0 saturated heterocycles. The fourth-order valence-corrected chi connectivity index (χ4v) is 0.731. The van der Waals surface area contributed by atoms with Crippen LogP contribution in [0.3, 0.4) is 0 Å². The quantitative estimate of drug-likeness (QED) is 0.484. The molecule has 1 aromatic rings. The first kappa shape index (κ1) is 16.7. The van der Waals surface area contributed by atoms with Gasteiger partial charge in [-0.2, -0.15) is 13.2 Å². The summed E-state index contributed by atoms with van der Waals surface area (Å²) in [5, 5.41) is 0. The van der Waals surface area contributed by atoms with Crippen LogP contribution in [0.2, 0.25) is 0 Å². The summed E-state index contributed by atoms with van der Waals surface area (Å²) >= 11 is 0. The maximum absolute atomic E-state index is 11.9. The van der Waals surface area contributed by atoms with Crippen molar-refractivity contribution in [3.05, 3.63) is 18.7 Å². The zero-order chi connectivity index (χ0) is 14.6. The molecular formula is C7H9F6N2O2S+. The predicted octanol–water partition coefficient (Wildman–Crippen LogP) is 1.39. The van der Waals surface area contributed by atoms with Crippen LogP contribution in [0.4, 0.5) is 26.3 Å². The minimum absolute atomic E-state index is 0.219. The molecule has 0 radical (unpaired) electrons. The third-order valence-corrected chi connectivity index (χ3v) is 1.97. The van der Waals surface area contributed by atoms with Gasteiger partial charge in [0.2, 0.25) is 10.7 Å². The van der Waals surface area contributed by atoms with E-state index in [2.05, 4.69) is 0 Å². The zero-order valence-corrected chi connectivity index (χ0v) is 9.76. The Hall–Kier alpha value is -1.26. The van der Waals surface area contributed by atoms with E-state index in [1.54, 1.807) is 6.92 Å². The summed E-state index contributed by atoms with van der Waals surface area (Å²) in [6.45, 7) is 2.32. The Morgan fingerprint density at radius 1 is 1.17 bits per heavy atom. The summed E-state index contributed by atoms with van der Waals surface area (Å²) in [5.41, 5.74) is -5.05. The SMILES string of the molecule is CC[n+]1ccn(C(F)(F)F)c1.O=[SH](=O)C(F)(F)F. The Balaban J connectivity index is 0.000000360.